The number of rotatable bonds is 3. The van der Waals surface area contributed by atoms with Crippen LogP contribution in [-0.2, 0) is 6.54 Å². The van der Waals surface area contributed by atoms with Crippen molar-refractivity contribution in [1.29, 1.82) is 0 Å². The maximum Gasteiger partial charge on any atom is 0.124 e. The molecule has 1 heterocycles. The van der Waals surface area contributed by atoms with Crippen molar-refractivity contribution in [2.75, 3.05) is 7.05 Å². The lowest BCUT2D eigenvalue weighted by Crippen LogP contribution is -2.05. The van der Waals surface area contributed by atoms with E-state index in [1.807, 2.05) is 7.05 Å². The highest BCUT2D eigenvalue weighted by Gasteiger charge is 2.09. The van der Waals surface area contributed by atoms with Crippen molar-refractivity contribution in [2.24, 2.45) is 0 Å². The Labute approximate surface area is 106 Å². The Balaban J connectivity index is 2.33. The Morgan fingerprint density at radius 2 is 2.06 bits per heavy atom. The van der Waals surface area contributed by atoms with E-state index in [-0.39, 0.29) is 5.82 Å². The molecule has 0 spiro atoms. The highest BCUT2D eigenvalue weighted by Crippen LogP contribution is 2.31. The molecule has 0 fully saturated rings. The monoisotopic (exact) mass is 300 g/mol. The molecule has 2 aromatic rings. The molecule has 0 aliphatic rings. The number of halogens is 2. The number of nitrogens with one attached hydrogen (secondary N) is 1. The van der Waals surface area contributed by atoms with E-state index in [0.29, 0.717) is 0 Å². The molecule has 16 heavy (non-hydrogen) atoms. The summed E-state index contributed by atoms with van der Waals surface area (Å²) in [4.78, 5) is 4.49. The lowest BCUT2D eigenvalue weighted by Gasteiger charge is -1.95. The number of aromatic nitrogens is 1. The minimum Gasteiger partial charge on any atom is -0.314 e. The fourth-order valence-electron chi connectivity index (χ4n) is 1.33. The van der Waals surface area contributed by atoms with Gasteiger partial charge in [-0.3, -0.25) is 0 Å². The second kappa shape index (κ2) is 5.03. The van der Waals surface area contributed by atoms with Gasteiger partial charge in [0, 0.05) is 12.1 Å². The quantitative estimate of drug-likeness (QED) is 0.939. The number of nitrogens with zero attached hydrogens (tertiary/aromatic N) is 1. The molecule has 0 bridgehead atoms. The van der Waals surface area contributed by atoms with E-state index in [1.165, 1.54) is 12.1 Å². The minimum atomic E-state index is -0.227. The van der Waals surface area contributed by atoms with Crippen LogP contribution >= 0.6 is 27.3 Å². The average molecular weight is 301 g/mol. The molecule has 2 nitrogen and oxygen atoms in total. The highest BCUT2D eigenvalue weighted by molar-refractivity contribution is 9.11. The molecule has 1 aromatic heterocycles. The minimum absolute atomic E-state index is 0.227. The first-order valence-electron chi connectivity index (χ1n) is 4.76. The summed E-state index contributed by atoms with van der Waals surface area (Å²) in [5.74, 6) is -0.227. The first-order chi connectivity index (χ1) is 7.70. The van der Waals surface area contributed by atoms with Gasteiger partial charge in [0.1, 0.15) is 10.8 Å². The molecule has 1 aromatic carbocycles. The van der Waals surface area contributed by atoms with Gasteiger partial charge in [-0.05, 0) is 47.2 Å². The third-order valence-electron chi connectivity index (χ3n) is 2.09. The second-order valence-electron chi connectivity index (χ2n) is 3.28. The molecule has 84 valence electrons. The number of benzene rings is 1. The Bertz CT molecular complexity index is 481. The second-order valence-corrected chi connectivity index (χ2v) is 5.59. The van der Waals surface area contributed by atoms with Crippen LogP contribution in [0.2, 0.25) is 0 Å². The van der Waals surface area contributed by atoms with Crippen LogP contribution in [0.25, 0.3) is 10.6 Å². The van der Waals surface area contributed by atoms with E-state index < -0.39 is 0 Å². The van der Waals surface area contributed by atoms with Crippen molar-refractivity contribution in [3.63, 3.8) is 0 Å². The zero-order valence-electron chi connectivity index (χ0n) is 8.63. The van der Waals surface area contributed by atoms with Gasteiger partial charge in [0.15, 0.2) is 0 Å². The van der Waals surface area contributed by atoms with Gasteiger partial charge in [0.25, 0.3) is 0 Å². The van der Waals surface area contributed by atoms with Gasteiger partial charge >= 0.3 is 0 Å². The lowest BCUT2D eigenvalue weighted by molar-refractivity contribution is 0.628. The standard InChI is InChI=1S/C11H10BrFN2S/c1-14-6-9-10(12)16-11(15-9)7-2-4-8(13)5-3-7/h2-5,14H,6H2,1H3. The predicted octanol–water partition coefficient (Wildman–Crippen LogP) is 3.43. The van der Waals surface area contributed by atoms with Crippen molar-refractivity contribution in [2.45, 2.75) is 6.54 Å². The summed E-state index contributed by atoms with van der Waals surface area (Å²) in [6.45, 7) is 0.721. The van der Waals surface area contributed by atoms with Gasteiger partial charge in [-0.1, -0.05) is 0 Å². The molecule has 0 amide bonds. The van der Waals surface area contributed by atoms with E-state index >= 15 is 0 Å². The van der Waals surface area contributed by atoms with E-state index in [9.17, 15) is 4.39 Å². The van der Waals surface area contributed by atoms with Crippen LogP contribution < -0.4 is 5.32 Å². The van der Waals surface area contributed by atoms with Crippen molar-refractivity contribution in [1.82, 2.24) is 10.3 Å². The summed E-state index contributed by atoms with van der Waals surface area (Å²) in [6, 6.07) is 6.37. The summed E-state index contributed by atoms with van der Waals surface area (Å²) >= 11 is 5.03. The van der Waals surface area contributed by atoms with Crippen LogP contribution in [0.4, 0.5) is 4.39 Å². The van der Waals surface area contributed by atoms with Gasteiger partial charge in [0.2, 0.25) is 0 Å². The molecule has 0 aliphatic carbocycles. The van der Waals surface area contributed by atoms with Gasteiger partial charge in [-0.25, -0.2) is 9.37 Å². The number of hydrogen-bond donors (Lipinski definition) is 1. The first-order valence-corrected chi connectivity index (χ1v) is 6.37. The van der Waals surface area contributed by atoms with Crippen LogP contribution in [0, 0.1) is 5.82 Å². The average Bonchev–Trinajstić information content (AvgIpc) is 2.62. The normalized spacial score (nSPS) is 10.7. The lowest BCUT2D eigenvalue weighted by atomic mass is 10.2. The summed E-state index contributed by atoms with van der Waals surface area (Å²) in [5, 5.41) is 3.95. The summed E-state index contributed by atoms with van der Waals surface area (Å²) in [7, 11) is 1.88. The van der Waals surface area contributed by atoms with Gasteiger partial charge < -0.3 is 5.32 Å². The maximum absolute atomic E-state index is 12.8. The van der Waals surface area contributed by atoms with Gasteiger partial charge in [0.05, 0.1) is 9.48 Å². The molecule has 0 aliphatic heterocycles. The Morgan fingerprint density at radius 3 is 2.69 bits per heavy atom. The van der Waals surface area contributed by atoms with Crippen LogP contribution in [-0.4, -0.2) is 12.0 Å². The van der Waals surface area contributed by atoms with E-state index in [4.69, 9.17) is 0 Å². The summed E-state index contributed by atoms with van der Waals surface area (Å²) < 4.78 is 13.8. The van der Waals surface area contributed by atoms with Crippen molar-refractivity contribution >= 4 is 27.3 Å². The van der Waals surface area contributed by atoms with Crippen molar-refractivity contribution < 1.29 is 4.39 Å². The maximum atomic E-state index is 12.8. The number of thiazole rings is 1. The molecule has 0 saturated carbocycles. The smallest absolute Gasteiger partial charge is 0.124 e. The number of hydrogen-bond acceptors (Lipinski definition) is 3. The molecule has 0 radical (unpaired) electrons. The van der Waals surface area contributed by atoms with Gasteiger partial charge in [-0.15, -0.1) is 11.3 Å². The Kier molecular flexibility index (Phi) is 3.68. The van der Waals surface area contributed by atoms with Gasteiger partial charge in [-0.2, -0.15) is 0 Å². The largest absolute Gasteiger partial charge is 0.314 e. The van der Waals surface area contributed by atoms with Crippen LogP contribution in [0.5, 0.6) is 0 Å². The molecule has 0 atom stereocenters. The highest BCUT2D eigenvalue weighted by atomic mass is 79.9. The molecule has 5 heteroatoms. The fourth-order valence-corrected chi connectivity index (χ4v) is 2.83. The molecule has 1 N–H and O–H groups in total. The van der Waals surface area contributed by atoms with Crippen molar-refractivity contribution in [3.05, 3.63) is 39.6 Å². The van der Waals surface area contributed by atoms with E-state index in [0.717, 1.165) is 26.6 Å². The Morgan fingerprint density at radius 1 is 1.38 bits per heavy atom. The third-order valence-corrected chi connectivity index (χ3v) is 3.96. The Hall–Kier alpha value is -0.780. The summed E-state index contributed by atoms with van der Waals surface area (Å²) in [6.07, 6.45) is 0. The predicted molar refractivity (Wildman–Crippen MR) is 68.0 cm³/mol. The third kappa shape index (κ3) is 2.48. The van der Waals surface area contributed by atoms with E-state index in [1.54, 1.807) is 23.5 Å². The van der Waals surface area contributed by atoms with Crippen LogP contribution in [0.15, 0.2) is 28.1 Å². The van der Waals surface area contributed by atoms with Crippen LogP contribution in [0.3, 0.4) is 0 Å². The zero-order valence-corrected chi connectivity index (χ0v) is 11.0. The molecular formula is C11H10BrFN2S. The topological polar surface area (TPSA) is 24.9 Å². The van der Waals surface area contributed by atoms with Crippen molar-refractivity contribution in [3.8, 4) is 10.6 Å². The van der Waals surface area contributed by atoms with Crippen LogP contribution in [0.1, 0.15) is 5.69 Å². The first kappa shape index (κ1) is 11.7. The zero-order chi connectivity index (χ0) is 11.5. The SMILES string of the molecule is CNCc1nc(-c2ccc(F)cc2)sc1Br. The molecule has 2 rings (SSSR count). The fraction of sp³-hybridized carbons (Fsp3) is 0.182. The van der Waals surface area contributed by atoms with E-state index in [2.05, 4.69) is 26.2 Å². The molecular weight excluding hydrogens is 291 g/mol. The molecule has 0 unspecified atom stereocenters. The summed E-state index contributed by atoms with van der Waals surface area (Å²) in [5.41, 5.74) is 1.92. The molecule has 0 saturated heterocycles.